The third-order valence-electron chi connectivity index (χ3n) is 3.05. The Morgan fingerprint density at radius 3 is 2.74 bits per heavy atom. The van der Waals surface area contributed by atoms with Crippen LogP contribution < -0.4 is 15.4 Å². The third kappa shape index (κ3) is 5.58. The molecule has 0 saturated carbocycles. The minimum Gasteiger partial charge on any atom is -0.491 e. The van der Waals surface area contributed by atoms with Gasteiger partial charge < -0.3 is 15.2 Å². The minimum absolute atomic E-state index is 0.0700. The van der Waals surface area contributed by atoms with E-state index >= 15 is 0 Å². The fourth-order valence-electron chi connectivity index (χ4n) is 2.03. The second-order valence-electron chi connectivity index (χ2n) is 5.50. The Balaban J connectivity index is 1.86. The van der Waals surface area contributed by atoms with Gasteiger partial charge in [-0.2, -0.15) is 0 Å². The van der Waals surface area contributed by atoms with Crippen LogP contribution >= 0.6 is 11.3 Å². The van der Waals surface area contributed by atoms with E-state index in [0.717, 1.165) is 9.88 Å². The average Bonchev–Trinajstić information content (AvgIpc) is 2.89. The van der Waals surface area contributed by atoms with Gasteiger partial charge in [-0.15, -0.1) is 11.3 Å². The first-order valence-electron chi connectivity index (χ1n) is 7.50. The number of benzene rings is 1. The number of hydrogen-bond acceptors (Lipinski definition) is 4. The summed E-state index contributed by atoms with van der Waals surface area (Å²) in [5.41, 5.74) is 0.704. The molecule has 0 aliphatic rings. The first-order valence-corrected chi connectivity index (χ1v) is 8.31. The molecule has 2 rings (SSSR count). The number of urea groups is 1. The normalized spacial score (nSPS) is 12.0. The van der Waals surface area contributed by atoms with Crippen molar-refractivity contribution in [3.8, 4) is 5.75 Å². The van der Waals surface area contributed by atoms with Crippen molar-refractivity contribution >= 4 is 22.4 Å². The molecular formula is C17H22N2O3S. The molecule has 3 N–H and O–H groups in total. The molecule has 2 amide bonds. The summed E-state index contributed by atoms with van der Waals surface area (Å²) in [6.07, 6.45) is -0.720. The maximum Gasteiger partial charge on any atom is 0.319 e. The molecule has 1 aromatic carbocycles. The highest BCUT2D eigenvalue weighted by Gasteiger charge is 2.11. The van der Waals surface area contributed by atoms with Crippen molar-refractivity contribution in [1.29, 1.82) is 0 Å². The van der Waals surface area contributed by atoms with Crippen molar-refractivity contribution in [2.24, 2.45) is 0 Å². The predicted octanol–water partition coefficient (Wildman–Crippen LogP) is 3.70. The van der Waals surface area contributed by atoms with Crippen molar-refractivity contribution in [3.05, 3.63) is 46.8 Å². The van der Waals surface area contributed by atoms with Crippen LogP contribution in [0.25, 0.3) is 0 Å². The minimum atomic E-state index is -0.790. The zero-order valence-electron chi connectivity index (χ0n) is 13.5. The molecule has 2 aromatic rings. The van der Waals surface area contributed by atoms with Gasteiger partial charge >= 0.3 is 6.03 Å². The second-order valence-corrected chi connectivity index (χ2v) is 6.79. The van der Waals surface area contributed by atoms with E-state index in [1.165, 1.54) is 11.3 Å². The van der Waals surface area contributed by atoms with Crippen LogP contribution in [0.5, 0.6) is 5.75 Å². The van der Waals surface area contributed by atoms with Gasteiger partial charge in [0, 0.05) is 11.4 Å². The molecule has 23 heavy (non-hydrogen) atoms. The molecule has 0 fully saturated rings. The number of aliphatic hydroxyl groups excluding tert-OH is 1. The molecular weight excluding hydrogens is 312 g/mol. The number of aliphatic hydroxyl groups is 1. The molecule has 6 heteroatoms. The van der Waals surface area contributed by atoms with Gasteiger partial charge in [0.15, 0.2) is 0 Å². The Hall–Kier alpha value is -2.05. The number of ether oxygens (including phenoxy) is 1. The average molecular weight is 334 g/mol. The number of hydrogen-bond donors (Lipinski definition) is 3. The van der Waals surface area contributed by atoms with Crippen LogP contribution in [0, 0.1) is 6.92 Å². The maximum atomic E-state index is 11.8. The largest absolute Gasteiger partial charge is 0.491 e. The Morgan fingerprint density at radius 1 is 1.30 bits per heavy atom. The number of nitrogens with one attached hydrogen (secondary N) is 2. The topological polar surface area (TPSA) is 70.6 Å². The number of rotatable bonds is 6. The molecule has 5 nitrogen and oxygen atoms in total. The fraction of sp³-hybridized carbons (Fsp3) is 0.353. The van der Waals surface area contributed by atoms with Crippen molar-refractivity contribution in [2.75, 3.05) is 11.9 Å². The van der Waals surface area contributed by atoms with Crippen LogP contribution in [0.3, 0.4) is 0 Å². The van der Waals surface area contributed by atoms with Crippen LogP contribution in [-0.2, 0) is 0 Å². The molecule has 0 bridgehead atoms. The van der Waals surface area contributed by atoms with Gasteiger partial charge in [0.2, 0.25) is 0 Å². The molecule has 0 saturated heterocycles. The first-order chi connectivity index (χ1) is 10.9. The quantitative estimate of drug-likeness (QED) is 0.754. The third-order valence-corrected chi connectivity index (χ3v) is 3.96. The Kier molecular flexibility index (Phi) is 6.01. The highest BCUT2D eigenvalue weighted by Crippen LogP contribution is 2.21. The molecule has 1 heterocycles. The molecule has 1 unspecified atom stereocenters. The highest BCUT2D eigenvalue weighted by atomic mass is 32.1. The van der Waals surface area contributed by atoms with E-state index in [2.05, 4.69) is 10.6 Å². The van der Waals surface area contributed by atoms with Crippen molar-refractivity contribution in [3.63, 3.8) is 0 Å². The van der Waals surface area contributed by atoms with Crippen molar-refractivity contribution in [2.45, 2.75) is 33.0 Å². The van der Waals surface area contributed by atoms with E-state index < -0.39 is 6.10 Å². The lowest BCUT2D eigenvalue weighted by Crippen LogP contribution is -2.32. The van der Waals surface area contributed by atoms with Gasteiger partial charge in [-0.25, -0.2) is 4.79 Å². The maximum absolute atomic E-state index is 11.8. The molecule has 0 aliphatic carbocycles. The fourth-order valence-corrected chi connectivity index (χ4v) is 2.80. The number of amides is 2. The SMILES string of the molecule is Cc1ccc(NC(=O)NCC(O)c2cccc(OC(C)C)c2)s1. The van der Waals surface area contributed by atoms with E-state index in [-0.39, 0.29) is 18.7 Å². The van der Waals surface area contributed by atoms with E-state index in [1.54, 1.807) is 12.1 Å². The summed E-state index contributed by atoms with van der Waals surface area (Å²) >= 11 is 1.50. The summed E-state index contributed by atoms with van der Waals surface area (Å²) in [6.45, 7) is 5.99. The Labute approximate surface area is 140 Å². The molecule has 0 spiro atoms. The van der Waals surface area contributed by atoms with Crippen LogP contribution in [0.4, 0.5) is 9.80 Å². The molecule has 0 aliphatic heterocycles. The summed E-state index contributed by atoms with van der Waals surface area (Å²) in [7, 11) is 0. The van der Waals surface area contributed by atoms with Gasteiger partial charge in [0.25, 0.3) is 0 Å². The first kappa shape index (κ1) is 17.3. The van der Waals surface area contributed by atoms with Crippen LogP contribution in [0.1, 0.15) is 30.4 Å². The molecule has 1 aromatic heterocycles. The Bertz CT molecular complexity index is 655. The monoisotopic (exact) mass is 334 g/mol. The summed E-state index contributed by atoms with van der Waals surface area (Å²) in [5, 5.41) is 16.4. The lowest BCUT2D eigenvalue weighted by molar-refractivity contribution is 0.174. The van der Waals surface area contributed by atoms with Gasteiger partial charge in [-0.3, -0.25) is 5.32 Å². The summed E-state index contributed by atoms with van der Waals surface area (Å²) in [5.74, 6) is 0.704. The van der Waals surface area contributed by atoms with Gasteiger partial charge in [-0.05, 0) is 50.6 Å². The van der Waals surface area contributed by atoms with Gasteiger partial charge in [0.05, 0.1) is 17.2 Å². The summed E-state index contributed by atoms with van der Waals surface area (Å²) < 4.78 is 5.60. The second kappa shape index (κ2) is 7.99. The highest BCUT2D eigenvalue weighted by molar-refractivity contribution is 7.16. The number of anilines is 1. The van der Waals surface area contributed by atoms with E-state index in [9.17, 15) is 9.90 Å². The van der Waals surface area contributed by atoms with Crippen LogP contribution in [0.15, 0.2) is 36.4 Å². The summed E-state index contributed by atoms with van der Waals surface area (Å²) in [4.78, 5) is 12.9. The van der Waals surface area contributed by atoms with E-state index in [0.29, 0.717) is 11.3 Å². The zero-order chi connectivity index (χ0) is 16.8. The standard InChI is InChI=1S/C17H22N2O3S/c1-11(2)22-14-6-4-5-13(9-14)15(20)10-18-17(21)19-16-8-7-12(3)23-16/h4-9,11,15,20H,10H2,1-3H3,(H2,18,19,21). The van der Waals surface area contributed by atoms with Crippen LogP contribution in [-0.4, -0.2) is 23.8 Å². The molecule has 124 valence electrons. The van der Waals surface area contributed by atoms with Crippen molar-refractivity contribution < 1.29 is 14.6 Å². The molecule has 1 atom stereocenters. The molecule has 0 radical (unpaired) electrons. The van der Waals surface area contributed by atoms with E-state index in [1.807, 2.05) is 45.0 Å². The lowest BCUT2D eigenvalue weighted by atomic mass is 10.1. The number of carbonyl (C=O) groups excluding carboxylic acids is 1. The van der Waals surface area contributed by atoms with Crippen molar-refractivity contribution in [1.82, 2.24) is 5.32 Å². The number of aryl methyl sites for hydroxylation is 1. The van der Waals surface area contributed by atoms with Gasteiger partial charge in [-0.1, -0.05) is 12.1 Å². The van der Waals surface area contributed by atoms with E-state index in [4.69, 9.17) is 4.74 Å². The smallest absolute Gasteiger partial charge is 0.319 e. The van der Waals surface area contributed by atoms with Crippen LogP contribution in [0.2, 0.25) is 0 Å². The van der Waals surface area contributed by atoms with Gasteiger partial charge in [0.1, 0.15) is 5.75 Å². The Morgan fingerprint density at radius 2 is 2.09 bits per heavy atom. The lowest BCUT2D eigenvalue weighted by Gasteiger charge is -2.15. The predicted molar refractivity (Wildman–Crippen MR) is 93.2 cm³/mol. The number of thiophene rings is 1. The number of carbonyl (C=O) groups is 1. The zero-order valence-corrected chi connectivity index (χ0v) is 14.3. The summed E-state index contributed by atoms with van der Waals surface area (Å²) in [6, 6.07) is 10.7.